The maximum absolute atomic E-state index is 12.1. The van der Waals surface area contributed by atoms with Gasteiger partial charge in [-0.2, -0.15) is 0 Å². The van der Waals surface area contributed by atoms with E-state index in [2.05, 4.69) is 5.32 Å². The van der Waals surface area contributed by atoms with Gasteiger partial charge < -0.3 is 11.1 Å². The molecule has 0 bridgehead atoms. The molecule has 0 saturated carbocycles. The van der Waals surface area contributed by atoms with Crippen molar-refractivity contribution in [3.8, 4) is 0 Å². The first kappa shape index (κ1) is 13.3. The predicted molar refractivity (Wildman–Crippen MR) is 76.7 cm³/mol. The van der Waals surface area contributed by atoms with Crippen molar-refractivity contribution in [2.75, 3.05) is 0 Å². The zero-order valence-electron chi connectivity index (χ0n) is 11.0. The SMILES string of the molecule is Cc1ccc(CNC(=O)c2ccccc2CN)cc1. The maximum atomic E-state index is 12.1. The molecule has 0 fully saturated rings. The van der Waals surface area contributed by atoms with E-state index in [9.17, 15) is 4.79 Å². The molecule has 0 unspecified atom stereocenters. The first-order valence-corrected chi connectivity index (χ1v) is 6.32. The number of aryl methyl sites for hydroxylation is 1. The largest absolute Gasteiger partial charge is 0.348 e. The first-order chi connectivity index (χ1) is 9.20. The lowest BCUT2D eigenvalue weighted by Gasteiger charge is -2.09. The third kappa shape index (κ3) is 3.42. The van der Waals surface area contributed by atoms with Crippen LogP contribution in [-0.2, 0) is 13.1 Å². The minimum Gasteiger partial charge on any atom is -0.348 e. The van der Waals surface area contributed by atoms with Gasteiger partial charge in [-0.05, 0) is 24.1 Å². The summed E-state index contributed by atoms with van der Waals surface area (Å²) in [6, 6.07) is 15.5. The highest BCUT2D eigenvalue weighted by Gasteiger charge is 2.09. The van der Waals surface area contributed by atoms with Gasteiger partial charge in [0, 0.05) is 18.7 Å². The van der Waals surface area contributed by atoms with Gasteiger partial charge in [0.2, 0.25) is 0 Å². The van der Waals surface area contributed by atoms with Crippen LogP contribution >= 0.6 is 0 Å². The number of nitrogens with two attached hydrogens (primary N) is 1. The molecular weight excluding hydrogens is 236 g/mol. The highest BCUT2D eigenvalue weighted by molar-refractivity contribution is 5.95. The molecule has 3 N–H and O–H groups in total. The molecule has 98 valence electrons. The van der Waals surface area contributed by atoms with E-state index >= 15 is 0 Å². The van der Waals surface area contributed by atoms with Crippen molar-refractivity contribution in [3.05, 3.63) is 70.8 Å². The molecule has 3 nitrogen and oxygen atoms in total. The highest BCUT2D eigenvalue weighted by atomic mass is 16.1. The molecule has 0 heterocycles. The summed E-state index contributed by atoms with van der Waals surface area (Å²) in [6.07, 6.45) is 0. The molecule has 3 heteroatoms. The summed E-state index contributed by atoms with van der Waals surface area (Å²) in [5.74, 6) is -0.0818. The van der Waals surface area contributed by atoms with Crippen LogP contribution in [0.4, 0.5) is 0 Å². The summed E-state index contributed by atoms with van der Waals surface area (Å²) in [6.45, 7) is 2.94. The topological polar surface area (TPSA) is 55.1 Å². The van der Waals surface area contributed by atoms with Gasteiger partial charge in [-0.3, -0.25) is 4.79 Å². The van der Waals surface area contributed by atoms with E-state index in [-0.39, 0.29) is 5.91 Å². The molecule has 0 spiro atoms. The van der Waals surface area contributed by atoms with E-state index in [0.717, 1.165) is 11.1 Å². The molecule has 0 saturated heterocycles. The summed E-state index contributed by atoms with van der Waals surface area (Å²) in [7, 11) is 0. The third-order valence-corrected chi connectivity index (χ3v) is 3.06. The summed E-state index contributed by atoms with van der Waals surface area (Å²) >= 11 is 0. The molecule has 0 aromatic heterocycles. The average Bonchev–Trinajstić information content (AvgIpc) is 2.46. The summed E-state index contributed by atoms with van der Waals surface area (Å²) < 4.78 is 0. The fourth-order valence-electron chi connectivity index (χ4n) is 1.90. The Morgan fingerprint density at radius 2 is 1.79 bits per heavy atom. The smallest absolute Gasteiger partial charge is 0.251 e. The first-order valence-electron chi connectivity index (χ1n) is 6.32. The maximum Gasteiger partial charge on any atom is 0.251 e. The summed E-state index contributed by atoms with van der Waals surface area (Å²) in [5, 5.41) is 2.91. The quantitative estimate of drug-likeness (QED) is 0.880. The van der Waals surface area contributed by atoms with Gasteiger partial charge in [0.25, 0.3) is 5.91 Å². The van der Waals surface area contributed by atoms with Crippen molar-refractivity contribution in [1.82, 2.24) is 5.32 Å². The van der Waals surface area contributed by atoms with Crippen molar-refractivity contribution in [1.29, 1.82) is 0 Å². The van der Waals surface area contributed by atoms with Crippen molar-refractivity contribution in [2.24, 2.45) is 5.73 Å². The van der Waals surface area contributed by atoms with E-state index in [0.29, 0.717) is 18.7 Å². The minimum atomic E-state index is -0.0818. The third-order valence-electron chi connectivity index (χ3n) is 3.06. The minimum absolute atomic E-state index is 0.0818. The molecule has 2 aromatic rings. The van der Waals surface area contributed by atoms with Gasteiger partial charge in [-0.25, -0.2) is 0 Å². The Bertz CT molecular complexity index is 561. The zero-order valence-corrected chi connectivity index (χ0v) is 11.0. The van der Waals surface area contributed by atoms with Crippen LogP contribution < -0.4 is 11.1 Å². The number of rotatable bonds is 4. The number of hydrogen-bond donors (Lipinski definition) is 2. The number of carbonyl (C=O) groups is 1. The van der Waals surface area contributed by atoms with E-state index < -0.39 is 0 Å². The van der Waals surface area contributed by atoms with Gasteiger partial charge in [0.15, 0.2) is 0 Å². The van der Waals surface area contributed by atoms with Crippen molar-refractivity contribution >= 4 is 5.91 Å². The monoisotopic (exact) mass is 254 g/mol. The molecule has 2 rings (SSSR count). The molecular formula is C16H18N2O. The Balaban J connectivity index is 2.03. The molecule has 2 aromatic carbocycles. The van der Waals surface area contributed by atoms with Crippen LogP contribution in [0, 0.1) is 6.92 Å². The van der Waals surface area contributed by atoms with Gasteiger partial charge in [0.1, 0.15) is 0 Å². The fourth-order valence-corrected chi connectivity index (χ4v) is 1.90. The van der Waals surface area contributed by atoms with E-state index in [4.69, 9.17) is 5.73 Å². The van der Waals surface area contributed by atoms with Crippen LogP contribution in [-0.4, -0.2) is 5.91 Å². The molecule has 19 heavy (non-hydrogen) atoms. The van der Waals surface area contributed by atoms with E-state index in [1.54, 1.807) is 6.07 Å². The summed E-state index contributed by atoms with van der Waals surface area (Å²) in [4.78, 5) is 12.1. The number of benzene rings is 2. The van der Waals surface area contributed by atoms with Gasteiger partial charge >= 0.3 is 0 Å². The number of amides is 1. The van der Waals surface area contributed by atoms with Crippen LogP contribution in [0.2, 0.25) is 0 Å². The number of nitrogens with one attached hydrogen (secondary N) is 1. The Morgan fingerprint density at radius 3 is 2.47 bits per heavy atom. The standard InChI is InChI=1S/C16H18N2O/c1-12-6-8-13(9-7-12)11-18-16(19)15-5-3-2-4-14(15)10-17/h2-9H,10-11,17H2,1H3,(H,18,19). The molecule has 0 radical (unpaired) electrons. The lowest BCUT2D eigenvalue weighted by Crippen LogP contribution is -2.24. The Morgan fingerprint density at radius 1 is 1.11 bits per heavy atom. The van der Waals surface area contributed by atoms with Gasteiger partial charge in [-0.15, -0.1) is 0 Å². The van der Waals surface area contributed by atoms with Crippen LogP contribution in [0.25, 0.3) is 0 Å². The van der Waals surface area contributed by atoms with Crippen LogP contribution in [0.15, 0.2) is 48.5 Å². The second-order valence-corrected chi connectivity index (χ2v) is 4.53. The van der Waals surface area contributed by atoms with Crippen LogP contribution in [0.3, 0.4) is 0 Å². The van der Waals surface area contributed by atoms with Crippen LogP contribution in [0.1, 0.15) is 27.0 Å². The lowest BCUT2D eigenvalue weighted by molar-refractivity contribution is 0.0950. The Hall–Kier alpha value is -2.13. The normalized spacial score (nSPS) is 10.2. The van der Waals surface area contributed by atoms with Crippen molar-refractivity contribution in [3.63, 3.8) is 0 Å². The van der Waals surface area contributed by atoms with Crippen LogP contribution in [0.5, 0.6) is 0 Å². The molecule has 0 atom stereocenters. The van der Waals surface area contributed by atoms with Gasteiger partial charge in [-0.1, -0.05) is 48.0 Å². The second-order valence-electron chi connectivity index (χ2n) is 4.53. The molecule has 0 aliphatic carbocycles. The molecule has 1 amide bonds. The second kappa shape index (κ2) is 6.16. The lowest BCUT2D eigenvalue weighted by atomic mass is 10.1. The Kier molecular flexibility index (Phi) is 4.31. The molecule has 0 aliphatic heterocycles. The zero-order chi connectivity index (χ0) is 13.7. The highest BCUT2D eigenvalue weighted by Crippen LogP contribution is 2.08. The average molecular weight is 254 g/mol. The summed E-state index contributed by atoms with van der Waals surface area (Å²) in [5.41, 5.74) is 9.45. The van der Waals surface area contributed by atoms with E-state index in [1.807, 2.05) is 49.4 Å². The van der Waals surface area contributed by atoms with E-state index in [1.165, 1.54) is 5.56 Å². The predicted octanol–water partition coefficient (Wildman–Crippen LogP) is 2.38. The van der Waals surface area contributed by atoms with Crippen molar-refractivity contribution < 1.29 is 4.79 Å². The number of carbonyl (C=O) groups excluding carboxylic acids is 1. The van der Waals surface area contributed by atoms with Gasteiger partial charge in [0.05, 0.1) is 0 Å². The van der Waals surface area contributed by atoms with Crippen molar-refractivity contribution in [2.45, 2.75) is 20.0 Å². The fraction of sp³-hybridized carbons (Fsp3) is 0.188. The number of hydrogen-bond acceptors (Lipinski definition) is 2. The molecule has 0 aliphatic rings. The Labute approximate surface area is 113 Å².